The van der Waals surface area contributed by atoms with Gasteiger partial charge in [-0.05, 0) is 23.6 Å². The van der Waals surface area contributed by atoms with Crippen LogP contribution in [0.2, 0.25) is 5.02 Å². The van der Waals surface area contributed by atoms with E-state index in [2.05, 4.69) is 12.6 Å². The molecule has 2 rings (SSSR count). The molecule has 1 saturated heterocycles. The van der Waals surface area contributed by atoms with Gasteiger partial charge in [0.05, 0.1) is 7.11 Å². The van der Waals surface area contributed by atoms with Gasteiger partial charge in [0.25, 0.3) is 0 Å². The zero-order valence-corrected chi connectivity index (χ0v) is 14.3. The molecular weight excluding hydrogens is 338 g/mol. The first kappa shape index (κ1) is 17.8. The van der Waals surface area contributed by atoms with Crippen LogP contribution in [-0.2, 0) is 14.3 Å². The van der Waals surface area contributed by atoms with Crippen molar-refractivity contribution in [3.8, 4) is 0 Å². The van der Waals surface area contributed by atoms with Crippen LogP contribution in [0, 0.1) is 0 Å². The fourth-order valence-corrected chi connectivity index (χ4v) is 3.47. The minimum atomic E-state index is -1.00. The first-order valence-electron chi connectivity index (χ1n) is 7.09. The number of hydrogen-bond donors (Lipinski definition) is 2. The fraction of sp³-hybridized carbons (Fsp3) is 0.375. The Balaban J connectivity index is 2.37. The zero-order chi connectivity index (χ0) is 17.0. The van der Waals surface area contributed by atoms with Crippen LogP contribution in [0.5, 0.6) is 0 Å². The van der Waals surface area contributed by atoms with Crippen LogP contribution in [-0.4, -0.2) is 47.4 Å². The van der Waals surface area contributed by atoms with Gasteiger partial charge in [-0.15, -0.1) is 0 Å². The third kappa shape index (κ3) is 4.50. The highest BCUT2D eigenvalue weighted by molar-refractivity contribution is 7.81. The number of aliphatic carboxylic acids is 1. The predicted molar refractivity (Wildman–Crippen MR) is 90.9 cm³/mol. The van der Waals surface area contributed by atoms with Crippen molar-refractivity contribution in [2.75, 3.05) is 20.2 Å². The first-order chi connectivity index (χ1) is 10.9. The van der Waals surface area contributed by atoms with Crippen LogP contribution < -0.4 is 0 Å². The molecule has 0 aliphatic carbocycles. The molecule has 1 aliphatic heterocycles. The average molecular weight is 356 g/mol. The van der Waals surface area contributed by atoms with Crippen molar-refractivity contribution in [1.82, 2.24) is 4.90 Å². The van der Waals surface area contributed by atoms with E-state index in [0.29, 0.717) is 35.7 Å². The maximum absolute atomic E-state index is 12.3. The van der Waals surface area contributed by atoms with Gasteiger partial charge in [0, 0.05) is 29.4 Å². The van der Waals surface area contributed by atoms with Crippen molar-refractivity contribution < 1.29 is 19.4 Å². The van der Waals surface area contributed by atoms with Crippen LogP contribution in [0.15, 0.2) is 35.9 Å². The van der Waals surface area contributed by atoms with E-state index in [0.717, 1.165) is 0 Å². The van der Waals surface area contributed by atoms with Crippen LogP contribution in [0.1, 0.15) is 18.0 Å². The average Bonchev–Trinajstić information content (AvgIpc) is 2.48. The normalized spacial score (nSPS) is 21.9. The number of carbonyl (C=O) groups is 2. The number of piperidine rings is 1. The third-order valence-corrected chi connectivity index (χ3v) is 4.36. The summed E-state index contributed by atoms with van der Waals surface area (Å²) in [4.78, 5) is 25.1. The summed E-state index contributed by atoms with van der Waals surface area (Å²) in [5, 5.41) is 9.36. The van der Waals surface area contributed by atoms with Crippen molar-refractivity contribution in [3.63, 3.8) is 0 Å². The lowest BCUT2D eigenvalue weighted by atomic mass is 9.98. The number of halogens is 1. The van der Waals surface area contributed by atoms with Crippen LogP contribution in [0.25, 0.3) is 0 Å². The second kappa shape index (κ2) is 7.86. The fourth-order valence-electron chi connectivity index (χ4n) is 2.78. The summed E-state index contributed by atoms with van der Waals surface area (Å²) in [6.45, 7) is 0.888. The van der Waals surface area contributed by atoms with Gasteiger partial charge in [-0.3, -0.25) is 4.90 Å². The summed E-state index contributed by atoms with van der Waals surface area (Å²) < 4.78 is 4.93. The predicted octanol–water partition coefficient (Wildman–Crippen LogP) is 2.57. The Labute approximate surface area is 145 Å². The van der Waals surface area contributed by atoms with E-state index in [9.17, 15) is 9.59 Å². The topological polar surface area (TPSA) is 66.8 Å². The number of hydrogen-bond acceptors (Lipinski definition) is 5. The molecular formula is C16H18ClNO4S. The molecule has 0 saturated carbocycles. The molecule has 0 aromatic heterocycles. The standard InChI is InChI=1S/C16H18ClNO4S/c1-22-16(21)15(12-4-2-3-5-13(12)17)18-8-10(7-14(19)20)6-11(23)9-18/h2-5,7,11,15,23H,6,8-9H2,1H3,(H,19,20)/b10-7+. The summed E-state index contributed by atoms with van der Waals surface area (Å²) in [6, 6.07) is 6.37. The summed E-state index contributed by atoms with van der Waals surface area (Å²) >= 11 is 10.7. The van der Waals surface area contributed by atoms with Gasteiger partial charge in [0.1, 0.15) is 6.04 Å². The van der Waals surface area contributed by atoms with Crippen LogP contribution >= 0.6 is 24.2 Å². The van der Waals surface area contributed by atoms with Crippen LogP contribution in [0.3, 0.4) is 0 Å². The number of benzene rings is 1. The summed E-state index contributed by atoms with van der Waals surface area (Å²) in [5.74, 6) is -1.44. The van der Waals surface area contributed by atoms with E-state index in [4.69, 9.17) is 21.4 Å². The highest BCUT2D eigenvalue weighted by Gasteiger charge is 2.34. The Hall–Kier alpha value is -1.50. The highest BCUT2D eigenvalue weighted by atomic mass is 35.5. The smallest absolute Gasteiger partial charge is 0.328 e. The molecule has 23 heavy (non-hydrogen) atoms. The number of ether oxygens (including phenoxy) is 1. The maximum Gasteiger partial charge on any atom is 0.328 e. The molecule has 1 heterocycles. The van der Waals surface area contributed by atoms with E-state index < -0.39 is 18.0 Å². The molecule has 124 valence electrons. The lowest BCUT2D eigenvalue weighted by molar-refractivity contribution is -0.147. The number of thiol groups is 1. The highest BCUT2D eigenvalue weighted by Crippen LogP contribution is 2.33. The Morgan fingerprint density at radius 1 is 1.48 bits per heavy atom. The van der Waals surface area contributed by atoms with Crippen molar-refractivity contribution in [1.29, 1.82) is 0 Å². The molecule has 1 aliphatic rings. The monoisotopic (exact) mass is 355 g/mol. The van der Waals surface area contributed by atoms with Gasteiger partial charge in [-0.1, -0.05) is 29.8 Å². The molecule has 2 atom stereocenters. The van der Waals surface area contributed by atoms with Gasteiger partial charge in [0.2, 0.25) is 0 Å². The van der Waals surface area contributed by atoms with Gasteiger partial charge in [-0.25, -0.2) is 9.59 Å². The molecule has 5 nitrogen and oxygen atoms in total. The number of likely N-dealkylation sites (tertiary alicyclic amines) is 1. The van der Waals surface area contributed by atoms with Crippen LogP contribution in [0.4, 0.5) is 0 Å². The third-order valence-electron chi connectivity index (χ3n) is 3.67. The molecule has 1 aromatic rings. The lowest BCUT2D eigenvalue weighted by Gasteiger charge is -2.37. The molecule has 1 fully saturated rings. The van der Waals surface area contributed by atoms with E-state index >= 15 is 0 Å². The van der Waals surface area contributed by atoms with Crippen molar-refractivity contribution in [3.05, 3.63) is 46.5 Å². The molecule has 1 aromatic carbocycles. The Morgan fingerprint density at radius 3 is 2.78 bits per heavy atom. The second-order valence-electron chi connectivity index (χ2n) is 5.38. The Kier molecular flexibility index (Phi) is 6.10. The largest absolute Gasteiger partial charge is 0.478 e. The van der Waals surface area contributed by atoms with E-state index in [1.807, 2.05) is 4.90 Å². The number of carbonyl (C=O) groups excluding carboxylic acids is 1. The second-order valence-corrected chi connectivity index (χ2v) is 6.51. The molecule has 0 spiro atoms. The SMILES string of the molecule is COC(=O)C(c1ccccc1Cl)N1C/C(=C/C(=O)O)CC(S)C1. The van der Waals surface area contributed by atoms with Gasteiger partial charge >= 0.3 is 11.9 Å². The Bertz CT molecular complexity index is 634. The Morgan fingerprint density at radius 2 is 2.17 bits per heavy atom. The van der Waals surface area contributed by atoms with Gasteiger partial charge < -0.3 is 9.84 Å². The molecule has 0 radical (unpaired) electrons. The van der Waals surface area contributed by atoms with Gasteiger partial charge in [-0.2, -0.15) is 12.6 Å². The molecule has 0 bridgehead atoms. The van der Waals surface area contributed by atoms with E-state index in [-0.39, 0.29) is 5.25 Å². The number of methoxy groups -OCH3 is 1. The van der Waals surface area contributed by atoms with Gasteiger partial charge in [0.15, 0.2) is 0 Å². The van der Waals surface area contributed by atoms with E-state index in [1.165, 1.54) is 13.2 Å². The lowest BCUT2D eigenvalue weighted by Crippen LogP contribution is -2.43. The molecule has 0 amide bonds. The van der Waals surface area contributed by atoms with Crippen molar-refractivity contribution in [2.24, 2.45) is 0 Å². The minimum Gasteiger partial charge on any atom is -0.478 e. The molecule has 1 N–H and O–H groups in total. The number of esters is 1. The molecule has 7 heteroatoms. The zero-order valence-electron chi connectivity index (χ0n) is 12.6. The number of carboxylic acids is 1. The maximum atomic E-state index is 12.3. The number of carboxylic acid groups (broad SMARTS) is 1. The quantitative estimate of drug-likeness (QED) is 0.493. The first-order valence-corrected chi connectivity index (χ1v) is 7.98. The summed E-state index contributed by atoms with van der Waals surface area (Å²) in [7, 11) is 1.32. The number of rotatable bonds is 4. The summed E-state index contributed by atoms with van der Waals surface area (Å²) in [5.41, 5.74) is 1.35. The van der Waals surface area contributed by atoms with Crippen molar-refractivity contribution >= 4 is 36.2 Å². The van der Waals surface area contributed by atoms with E-state index in [1.54, 1.807) is 24.3 Å². The summed E-state index contributed by atoms with van der Waals surface area (Å²) in [6.07, 6.45) is 1.75. The van der Waals surface area contributed by atoms with Crippen molar-refractivity contribution in [2.45, 2.75) is 17.7 Å². The minimum absolute atomic E-state index is 0.0657. The number of nitrogens with zero attached hydrogens (tertiary/aromatic N) is 1. The molecule has 2 unspecified atom stereocenters.